The maximum Gasteiger partial charge on any atom is 0.261 e. The first-order valence-corrected chi connectivity index (χ1v) is 9.47. The number of aryl methyl sites for hydroxylation is 1. The fourth-order valence-corrected chi connectivity index (χ4v) is 3.25. The van der Waals surface area contributed by atoms with Crippen LogP contribution in [0.3, 0.4) is 0 Å². The number of ether oxygens (including phenoxy) is 1. The van der Waals surface area contributed by atoms with Crippen LogP contribution in [-0.4, -0.2) is 18.0 Å². The van der Waals surface area contributed by atoms with Crippen LogP contribution in [-0.2, 0) is 0 Å². The molecule has 0 atom stereocenters. The molecule has 0 saturated carbocycles. The van der Waals surface area contributed by atoms with Crippen molar-refractivity contribution in [3.05, 3.63) is 75.8 Å². The van der Waals surface area contributed by atoms with Gasteiger partial charge in [-0.05, 0) is 42.8 Å². The third-order valence-corrected chi connectivity index (χ3v) is 4.99. The van der Waals surface area contributed by atoms with E-state index in [-0.39, 0.29) is 16.6 Å². The van der Waals surface area contributed by atoms with Gasteiger partial charge in [0.2, 0.25) is 17.5 Å². The van der Waals surface area contributed by atoms with Crippen LogP contribution in [0.4, 0.5) is 23.2 Å². The number of hydrogen-bond acceptors (Lipinski definition) is 4. The number of fused-ring (bicyclic) bond motifs is 1. The minimum Gasteiger partial charge on any atom is -0.491 e. The van der Waals surface area contributed by atoms with Gasteiger partial charge in [0, 0.05) is 5.56 Å². The number of rotatable bonds is 4. The molecule has 3 aromatic carbocycles. The Kier molecular flexibility index (Phi) is 5.52. The molecule has 1 aromatic heterocycles. The third-order valence-electron chi connectivity index (χ3n) is 4.66. The summed E-state index contributed by atoms with van der Waals surface area (Å²) in [5, 5.41) is 2.16. The number of hydrogen-bond donors (Lipinski definition) is 1. The minimum atomic E-state index is -1.90. The smallest absolute Gasteiger partial charge is 0.261 e. The van der Waals surface area contributed by atoms with Crippen LogP contribution in [0.5, 0.6) is 5.75 Å². The van der Waals surface area contributed by atoms with Gasteiger partial charge in [0.15, 0.2) is 23.0 Å². The molecule has 5 nitrogen and oxygen atoms in total. The van der Waals surface area contributed by atoms with Crippen molar-refractivity contribution < 1.29 is 31.5 Å². The Labute approximate surface area is 183 Å². The van der Waals surface area contributed by atoms with E-state index in [4.69, 9.17) is 16.0 Å². The van der Waals surface area contributed by atoms with E-state index in [9.17, 15) is 22.4 Å². The molecule has 0 bridgehead atoms. The zero-order valence-electron chi connectivity index (χ0n) is 16.5. The zero-order chi connectivity index (χ0) is 23.2. The Morgan fingerprint density at radius 2 is 1.72 bits per heavy atom. The Morgan fingerprint density at radius 1 is 1.03 bits per heavy atom. The summed E-state index contributed by atoms with van der Waals surface area (Å²) in [6, 6.07) is 9.72. The molecule has 10 heteroatoms. The molecule has 0 aliphatic rings. The Bertz CT molecular complexity index is 1360. The lowest BCUT2D eigenvalue weighted by molar-refractivity contribution is 0.101. The number of anilines is 1. The fraction of sp³-hybridized carbons (Fsp3) is 0.0909. The van der Waals surface area contributed by atoms with Gasteiger partial charge in [-0.15, -0.1) is 0 Å². The molecule has 0 aliphatic carbocycles. The van der Waals surface area contributed by atoms with Crippen molar-refractivity contribution in [1.82, 2.24) is 4.98 Å². The van der Waals surface area contributed by atoms with Crippen LogP contribution in [0.2, 0.25) is 5.02 Å². The summed E-state index contributed by atoms with van der Waals surface area (Å²) in [6.45, 7) is 1.90. The van der Waals surface area contributed by atoms with Crippen LogP contribution in [0.1, 0.15) is 15.9 Å². The van der Waals surface area contributed by atoms with Crippen molar-refractivity contribution in [2.24, 2.45) is 0 Å². The Balaban J connectivity index is 1.72. The SMILES string of the molecule is COc1c(F)c(F)c(C(=O)Nc2cc(-c3nc4cc(C)ccc4o3)ccc2Cl)c(F)c1F. The number of nitrogens with one attached hydrogen (secondary N) is 1. The molecule has 164 valence electrons. The molecular formula is C22H13ClF4N2O3. The van der Waals surface area contributed by atoms with Gasteiger partial charge in [-0.3, -0.25) is 4.79 Å². The first kappa shape index (κ1) is 21.6. The normalized spacial score (nSPS) is 11.1. The first-order chi connectivity index (χ1) is 15.2. The molecule has 1 heterocycles. The molecular weight excluding hydrogens is 452 g/mol. The second kappa shape index (κ2) is 8.16. The lowest BCUT2D eigenvalue weighted by Crippen LogP contribution is -2.19. The van der Waals surface area contributed by atoms with Gasteiger partial charge in [0.25, 0.3) is 5.91 Å². The summed E-state index contributed by atoms with van der Waals surface area (Å²) < 4.78 is 66.4. The molecule has 4 aromatic rings. The number of methoxy groups -OCH3 is 1. The predicted molar refractivity (Wildman–Crippen MR) is 110 cm³/mol. The lowest BCUT2D eigenvalue weighted by atomic mass is 10.1. The lowest BCUT2D eigenvalue weighted by Gasteiger charge is -2.12. The molecule has 0 fully saturated rings. The summed E-state index contributed by atoms with van der Waals surface area (Å²) in [6.07, 6.45) is 0. The van der Waals surface area contributed by atoms with Crippen molar-refractivity contribution >= 4 is 34.3 Å². The molecule has 0 radical (unpaired) electrons. The van der Waals surface area contributed by atoms with Gasteiger partial charge in [0.05, 0.1) is 17.8 Å². The summed E-state index contributed by atoms with van der Waals surface area (Å²) in [7, 11) is 0.832. The van der Waals surface area contributed by atoms with Crippen molar-refractivity contribution in [3.63, 3.8) is 0 Å². The number of halogens is 5. The van der Waals surface area contributed by atoms with E-state index in [1.165, 1.54) is 12.1 Å². The standard InChI is InChI=1S/C22H13ClF4N2O3/c1-9-3-6-14-13(7-9)29-22(32-14)10-4-5-11(23)12(8-10)28-21(30)15-16(24)18(26)20(31-2)19(27)17(15)25/h3-8H,1-2H3,(H,28,30). The van der Waals surface area contributed by atoms with Crippen molar-refractivity contribution in [2.45, 2.75) is 6.92 Å². The molecule has 0 unspecified atom stereocenters. The van der Waals surface area contributed by atoms with E-state index in [2.05, 4.69) is 15.0 Å². The highest BCUT2D eigenvalue weighted by molar-refractivity contribution is 6.34. The van der Waals surface area contributed by atoms with E-state index >= 15 is 0 Å². The van der Waals surface area contributed by atoms with Crippen molar-refractivity contribution in [3.8, 4) is 17.2 Å². The third kappa shape index (κ3) is 3.64. The summed E-state index contributed by atoms with van der Waals surface area (Å²) in [4.78, 5) is 16.8. The molecule has 0 aliphatic heterocycles. The number of carbonyl (C=O) groups excluding carboxylic acids is 1. The van der Waals surface area contributed by atoms with Gasteiger partial charge in [-0.1, -0.05) is 17.7 Å². The maximum atomic E-state index is 14.3. The average Bonchev–Trinajstić information content (AvgIpc) is 3.17. The molecule has 0 saturated heterocycles. The number of amides is 1. The average molecular weight is 465 g/mol. The van der Waals surface area contributed by atoms with E-state index in [1.54, 1.807) is 12.1 Å². The van der Waals surface area contributed by atoms with Crippen molar-refractivity contribution in [1.29, 1.82) is 0 Å². The first-order valence-electron chi connectivity index (χ1n) is 9.09. The number of aromatic nitrogens is 1. The maximum absolute atomic E-state index is 14.3. The fourth-order valence-electron chi connectivity index (χ4n) is 3.09. The minimum absolute atomic E-state index is 0.00401. The number of oxazole rings is 1. The van der Waals surface area contributed by atoms with E-state index < -0.39 is 40.5 Å². The van der Waals surface area contributed by atoms with Gasteiger partial charge >= 0.3 is 0 Å². The largest absolute Gasteiger partial charge is 0.491 e. The number of benzene rings is 3. The van der Waals surface area contributed by atoms with Crippen LogP contribution >= 0.6 is 11.6 Å². The Morgan fingerprint density at radius 3 is 2.38 bits per heavy atom. The summed E-state index contributed by atoms with van der Waals surface area (Å²) in [5.74, 6) is -10.00. The van der Waals surface area contributed by atoms with Crippen LogP contribution in [0.15, 0.2) is 40.8 Å². The highest BCUT2D eigenvalue weighted by Crippen LogP contribution is 2.33. The summed E-state index contributed by atoms with van der Waals surface area (Å²) >= 11 is 6.08. The molecule has 1 N–H and O–H groups in total. The highest BCUT2D eigenvalue weighted by atomic mass is 35.5. The zero-order valence-corrected chi connectivity index (χ0v) is 17.3. The van der Waals surface area contributed by atoms with E-state index in [1.807, 2.05) is 19.1 Å². The van der Waals surface area contributed by atoms with E-state index in [0.29, 0.717) is 16.7 Å². The Hall–Kier alpha value is -3.59. The van der Waals surface area contributed by atoms with Crippen LogP contribution in [0.25, 0.3) is 22.6 Å². The topological polar surface area (TPSA) is 64.4 Å². The highest BCUT2D eigenvalue weighted by Gasteiger charge is 2.30. The van der Waals surface area contributed by atoms with Crippen LogP contribution < -0.4 is 10.1 Å². The van der Waals surface area contributed by atoms with Gasteiger partial charge in [0.1, 0.15) is 11.1 Å². The second-order valence-corrected chi connectivity index (χ2v) is 7.21. The van der Waals surface area contributed by atoms with Gasteiger partial charge < -0.3 is 14.5 Å². The van der Waals surface area contributed by atoms with Crippen molar-refractivity contribution in [2.75, 3.05) is 12.4 Å². The number of nitrogens with zero attached hydrogens (tertiary/aromatic N) is 1. The van der Waals surface area contributed by atoms with Gasteiger partial charge in [-0.25, -0.2) is 13.8 Å². The van der Waals surface area contributed by atoms with E-state index in [0.717, 1.165) is 12.7 Å². The van der Waals surface area contributed by atoms with Gasteiger partial charge in [-0.2, -0.15) is 8.78 Å². The quantitative estimate of drug-likeness (QED) is 0.285. The summed E-state index contributed by atoms with van der Waals surface area (Å²) in [5.41, 5.74) is 0.965. The molecule has 1 amide bonds. The van der Waals surface area contributed by atoms with Crippen LogP contribution in [0, 0.1) is 30.2 Å². The second-order valence-electron chi connectivity index (χ2n) is 6.80. The predicted octanol–water partition coefficient (Wildman–Crippen LogP) is 6.27. The molecule has 32 heavy (non-hydrogen) atoms. The number of carbonyl (C=O) groups is 1. The molecule has 0 spiro atoms. The molecule has 4 rings (SSSR count). The monoisotopic (exact) mass is 464 g/mol.